The molecule has 30 heavy (non-hydrogen) atoms. The Morgan fingerprint density at radius 3 is 2.50 bits per heavy atom. The molecule has 166 valence electrons. The van der Waals surface area contributed by atoms with E-state index in [-0.39, 0.29) is 17.9 Å². The van der Waals surface area contributed by atoms with Crippen molar-refractivity contribution < 1.29 is 14.7 Å². The molecule has 2 amide bonds. The van der Waals surface area contributed by atoms with Gasteiger partial charge in [-0.25, -0.2) is 0 Å². The molecular formula is C23H36N4O3. The van der Waals surface area contributed by atoms with Crippen LogP contribution in [0.15, 0.2) is 30.3 Å². The van der Waals surface area contributed by atoms with E-state index in [1.165, 1.54) is 0 Å². The Morgan fingerprint density at radius 1 is 1.17 bits per heavy atom. The fraction of sp³-hybridized carbons (Fsp3) is 0.652. The second-order valence-corrected chi connectivity index (χ2v) is 8.80. The Hall–Kier alpha value is -1.96. The minimum atomic E-state index is -0.853. The molecule has 1 saturated heterocycles. The smallest absolute Gasteiger partial charge is 0.242 e. The first-order chi connectivity index (χ1) is 14.5. The maximum absolute atomic E-state index is 12.9. The Bertz CT molecular complexity index is 683. The lowest BCUT2D eigenvalue weighted by molar-refractivity contribution is -0.131. The highest BCUT2D eigenvalue weighted by Crippen LogP contribution is 2.27. The Balaban J connectivity index is 1.51. The van der Waals surface area contributed by atoms with E-state index >= 15 is 0 Å². The number of likely N-dealkylation sites (tertiary alicyclic amines) is 1. The number of carbonyl (C=O) groups is 2. The van der Waals surface area contributed by atoms with E-state index in [0.717, 1.165) is 57.3 Å². The van der Waals surface area contributed by atoms with Crippen molar-refractivity contribution in [3.05, 3.63) is 35.9 Å². The van der Waals surface area contributed by atoms with Crippen LogP contribution in [0.5, 0.6) is 0 Å². The van der Waals surface area contributed by atoms with Crippen molar-refractivity contribution in [2.45, 2.75) is 69.1 Å². The molecule has 1 aromatic rings. The van der Waals surface area contributed by atoms with Gasteiger partial charge in [0.25, 0.3) is 0 Å². The zero-order chi connectivity index (χ0) is 21.4. The number of hydrogen-bond acceptors (Lipinski definition) is 5. The lowest BCUT2D eigenvalue weighted by Gasteiger charge is -2.29. The molecule has 0 aromatic heterocycles. The highest BCUT2D eigenvalue weighted by molar-refractivity contribution is 5.92. The maximum atomic E-state index is 12.9. The lowest BCUT2D eigenvalue weighted by atomic mass is 9.96. The van der Waals surface area contributed by atoms with Gasteiger partial charge in [-0.05, 0) is 44.2 Å². The standard InChI is InChI=1S/C23H36N4O3/c24-23(11-4-5-12-23)22(30)26-20(17-18-7-2-1-3-8-18)21(29)25-13-6-14-27-15-9-19(28)10-16-27/h1-3,7-8,19-20,28H,4-6,9-17,24H2,(H,25,29)(H,26,30)/t20-/m1/s1. The number of amides is 2. The minimum absolute atomic E-state index is 0.164. The van der Waals surface area contributed by atoms with Crippen LogP contribution in [0.4, 0.5) is 0 Å². The average Bonchev–Trinajstić information content (AvgIpc) is 3.20. The summed E-state index contributed by atoms with van der Waals surface area (Å²) in [5, 5.41) is 15.5. The van der Waals surface area contributed by atoms with Crippen LogP contribution >= 0.6 is 0 Å². The van der Waals surface area contributed by atoms with Crippen LogP contribution < -0.4 is 16.4 Å². The van der Waals surface area contributed by atoms with Gasteiger partial charge in [0.2, 0.25) is 11.8 Å². The van der Waals surface area contributed by atoms with Gasteiger partial charge in [-0.2, -0.15) is 0 Å². The Labute approximate surface area is 179 Å². The van der Waals surface area contributed by atoms with E-state index in [4.69, 9.17) is 5.73 Å². The summed E-state index contributed by atoms with van der Waals surface area (Å²) in [4.78, 5) is 28.0. The van der Waals surface area contributed by atoms with Gasteiger partial charge in [-0.15, -0.1) is 0 Å². The third-order valence-electron chi connectivity index (χ3n) is 6.36. The summed E-state index contributed by atoms with van der Waals surface area (Å²) in [7, 11) is 0. The number of carbonyl (C=O) groups excluding carboxylic acids is 2. The van der Waals surface area contributed by atoms with Crippen LogP contribution in [0.25, 0.3) is 0 Å². The lowest BCUT2D eigenvalue weighted by Crippen LogP contribution is -2.58. The topological polar surface area (TPSA) is 108 Å². The quantitative estimate of drug-likeness (QED) is 0.448. The minimum Gasteiger partial charge on any atom is -0.393 e. The molecule has 3 rings (SSSR count). The molecule has 0 spiro atoms. The highest BCUT2D eigenvalue weighted by Gasteiger charge is 2.38. The van der Waals surface area contributed by atoms with Crippen molar-refractivity contribution in [1.29, 1.82) is 0 Å². The zero-order valence-corrected chi connectivity index (χ0v) is 17.8. The second-order valence-electron chi connectivity index (χ2n) is 8.80. The summed E-state index contributed by atoms with van der Waals surface area (Å²) in [6.45, 7) is 3.27. The number of aliphatic hydroxyl groups excluding tert-OH is 1. The van der Waals surface area contributed by atoms with Crippen molar-refractivity contribution in [1.82, 2.24) is 15.5 Å². The van der Waals surface area contributed by atoms with Crippen molar-refractivity contribution in [3.8, 4) is 0 Å². The molecular weight excluding hydrogens is 380 g/mol. The van der Waals surface area contributed by atoms with E-state index in [1.807, 2.05) is 30.3 Å². The fourth-order valence-electron chi connectivity index (χ4n) is 4.37. The molecule has 7 heteroatoms. The summed E-state index contributed by atoms with van der Waals surface area (Å²) >= 11 is 0. The van der Waals surface area contributed by atoms with E-state index < -0.39 is 11.6 Å². The van der Waals surface area contributed by atoms with Gasteiger partial charge in [0, 0.05) is 26.1 Å². The maximum Gasteiger partial charge on any atom is 0.242 e. The van der Waals surface area contributed by atoms with Crippen LogP contribution in [-0.4, -0.2) is 65.7 Å². The van der Waals surface area contributed by atoms with Crippen LogP contribution in [0.3, 0.4) is 0 Å². The van der Waals surface area contributed by atoms with Crippen LogP contribution in [0.1, 0.15) is 50.5 Å². The SMILES string of the molecule is NC1(C(=O)N[C@H](Cc2ccccc2)C(=O)NCCCN2CCC(O)CC2)CCCC1. The molecule has 1 aliphatic heterocycles. The first-order valence-electron chi connectivity index (χ1n) is 11.3. The summed E-state index contributed by atoms with van der Waals surface area (Å²) < 4.78 is 0. The van der Waals surface area contributed by atoms with Crippen molar-refractivity contribution in [2.75, 3.05) is 26.2 Å². The number of rotatable bonds is 9. The number of nitrogens with zero attached hydrogens (tertiary/aromatic N) is 1. The van der Waals surface area contributed by atoms with Gasteiger partial charge in [-0.1, -0.05) is 43.2 Å². The predicted octanol–water partition coefficient (Wildman–Crippen LogP) is 0.948. The van der Waals surface area contributed by atoms with Gasteiger partial charge >= 0.3 is 0 Å². The fourth-order valence-corrected chi connectivity index (χ4v) is 4.37. The molecule has 1 aliphatic carbocycles. The molecule has 2 aliphatic rings. The molecule has 5 N–H and O–H groups in total. The molecule has 0 bridgehead atoms. The molecule has 0 radical (unpaired) electrons. The number of nitrogens with two attached hydrogens (primary N) is 1. The van der Waals surface area contributed by atoms with Gasteiger partial charge in [0.05, 0.1) is 11.6 Å². The van der Waals surface area contributed by atoms with Gasteiger partial charge in [0.1, 0.15) is 6.04 Å². The number of hydrogen-bond donors (Lipinski definition) is 4. The summed E-state index contributed by atoms with van der Waals surface area (Å²) in [5.41, 5.74) is 6.44. The Kier molecular flexibility index (Phi) is 8.24. The molecule has 0 unspecified atom stereocenters. The summed E-state index contributed by atoms with van der Waals surface area (Å²) in [5.74, 6) is -0.383. The van der Waals surface area contributed by atoms with Crippen LogP contribution in [-0.2, 0) is 16.0 Å². The normalized spacial score (nSPS) is 20.6. The number of aliphatic hydroxyl groups is 1. The third-order valence-corrected chi connectivity index (χ3v) is 6.36. The average molecular weight is 417 g/mol. The Morgan fingerprint density at radius 2 is 1.83 bits per heavy atom. The second kappa shape index (κ2) is 10.9. The van der Waals surface area contributed by atoms with Crippen molar-refractivity contribution in [3.63, 3.8) is 0 Å². The summed E-state index contributed by atoms with van der Waals surface area (Å²) in [6.07, 6.45) is 5.99. The van der Waals surface area contributed by atoms with E-state index in [2.05, 4.69) is 15.5 Å². The molecule has 1 heterocycles. The zero-order valence-electron chi connectivity index (χ0n) is 17.8. The summed E-state index contributed by atoms with van der Waals surface area (Å²) in [6, 6.07) is 9.10. The number of benzene rings is 1. The molecule has 2 fully saturated rings. The van der Waals surface area contributed by atoms with E-state index in [0.29, 0.717) is 25.8 Å². The van der Waals surface area contributed by atoms with Crippen LogP contribution in [0.2, 0.25) is 0 Å². The predicted molar refractivity (Wildman–Crippen MR) is 117 cm³/mol. The first kappa shape index (κ1) is 22.7. The van der Waals surface area contributed by atoms with Crippen molar-refractivity contribution >= 4 is 11.8 Å². The van der Waals surface area contributed by atoms with Crippen molar-refractivity contribution in [2.24, 2.45) is 5.73 Å². The highest BCUT2D eigenvalue weighted by atomic mass is 16.3. The molecule has 1 saturated carbocycles. The monoisotopic (exact) mass is 416 g/mol. The first-order valence-corrected chi connectivity index (χ1v) is 11.3. The molecule has 7 nitrogen and oxygen atoms in total. The number of nitrogens with one attached hydrogen (secondary N) is 2. The van der Waals surface area contributed by atoms with E-state index in [1.54, 1.807) is 0 Å². The van der Waals surface area contributed by atoms with Crippen LogP contribution in [0, 0.1) is 0 Å². The van der Waals surface area contributed by atoms with Gasteiger partial charge in [-0.3, -0.25) is 9.59 Å². The molecule has 1 atom stereocenters. The van der Waals surface area contributed by atoms with E-state index in [9.17, 15) is 14.7 Å². The third kappa shape index (κ3) is 6.52. The molecule has 1 aromatic carbocycles. The van der Waals surface area contributed by atoms with Gasteiger partial charge in [0.15, 0.2) is 0 Å². The van der Waals surface area contributed by atoms with Gasteiger partial charge < -0.3 is 26.4 Å². The number of piperidine rings is 1. The largest absolute Gasteiger partial charge is 0.393 e.